The second-order valence-electron chi connectivity index (χ2n) is 5.98. The van der Waals surface area contributed by atoms with Crippen molar-refractivity contribution in [3.05, 3.63) is 18.2 Å². The third-order valence-corrected chi connectivity index (χ3v) is 4.40. The van der Waals surface area contributed by atoms with Crippen LogP contribution in [-0.2, 0) is 7.05 Å². The molecule has 0 radical (unpaired) electrons. The summed E-state index contributed by atoms with van der Waals surface area (Å²) in [6.07, 6.45) is 15.0. The molecule has 1 aliphatic rings. The first-order chi connectivity index (χ1) is 9.31. The van der Waals surface area contributed by atoms with Crippen molar-refractivity contribution in [3.63, 3.8) is 0 Å². The molecular formula is C16H29N3. The van der Waals surface area contributed by atoms with Crippen molar-refractivity contribution < 1.29 is 0 Å². The lowest BCUT2D eigenvalue weighted by molar-refractivity contribution is 0.310. The SMILES string of the molecule is CCCNC(CCC1CCCCC1)c1nccn1C. The highest BCUT2D eigenvalue weighted by molar-refractivity contribution is 4.98. The standard InChI is InChI=1S/C16H29N3/c1-3-11-17-15(16-18-12-13-19(16)2)10-9-14-7-5-4-6-8-14/h12-15,17H,3-11H2,1-2H3. The zero-order chi connectivity index (χ0) is 13.5. The molecule has 1 aromatic rings. The zero-order valence-electron chi connectivity index (χ0n) is 12.6. The van der Waals surface area contributed by atoms with E-state index in [0.29, 0.717) is 6.04 Å². The van der Waals surface area contributed by atoms with Gasteiger partial charge >= 0.3 is 0 Å². The van der Waals surface area contributed by atoms with Crippen LogP contribution in [0.15, 0.2) is 12.4 Å². The van der Waals surface area contributed by atoms with Gasteiger partial charge in [0.05, 0.1) is 6.04 Å². The van der Waals surface area contributed by atoms with E-state index in [-0.39, 0.29) is 0 Å². The first kappa shape index (κ1) is 14.6. The minimum Gasteiger partial charge on any atom is -0.337 e. The maximum atomic E-state index is 4.53. The molecule has 1 aliphatic carbocycles. The molecule has 1 aromatic heterocycles. The van der Waals surface area contributed by atoms with Crippen LogP contribution >= 0.6 is 0 Å². The van der Waals surface area contributed by atoms with Crippen LogP contribution in [-0.4, -0.2) is 16.1 Å². The number of nitrogens with one attached hydrogen (secondary N) is 1. The number of hydrogen-bond donors (Lipinski definition) is 1. The fourth-order valence-electron chi connectivity index (χ4n) is 3.23. The summed E-state index contributed by atoms with van der Waals surface area (Å²) in [7, 11) is 2.10. The molecule has 1 N–H and O–H groups in total. The molecule has 0 amide bonds. The Labute approximate surface area is 117 Å². The smallest absolute Gasteiger partial charge is 0.125 e. The number of nitrogens with zero attached hydrogens (tertiary/aromatic N) is 2. The van der Waals surface area contributed by atoms with Gasteiger partial charge in [-0.1, -0.05) is 39.0 Å². The molecule has 3 heteroatoms. The molecule has 19 heavy (non-hydrogen) atoms. The van der Waals surface area contributed by atoms with Crippen molar-refractivity contribution in [2.24, 2.45) is 13.0 Å². The van der Waals surface area contributed by atoms with Crippen molar-refractivity contribution in [2.75, 3.05) is 6.54 Å². The molecule has 0 spiro atoms. The van der Waals surface area contributed by atoms with E-state index < -0.39 is 0 Å². The summed E-state index contributed by atoms with van der Waals surface area (Å²) in [5.74, 6) is 2.16. The number of aryl methyl sites for hydroxylation is 1. The van der Waals surface area contributed by atoms with Gasteiger partial charge in [0.1, 0.15) is 5.82 Å². The van der Waals surface area contributed by atoms with Crippen LogP contribution in [0.1, 0.15) is 70.2 Å². The van der Waals surface area contributed by atoms with Gasteiger partial charge in [0.2, 0.25) is 0 Å². The van der Waals surface area contributed by atoms with Gasteiger partial charge in [-0.2, -0.15) is 0 Å². The molecule has 0 aliphatic heterocycles. The zero-order valence-corrected chi connectivity index (χ0v) is 12.6. The van der Waals surface area contributed by atoms with Gasteiger partial charge in [0, 0.05) is 19.4 Å². The fourth-order valence-corrected chi connectivity index (χ4v) is 3.23. The first-order valence-corrected chi connectivity index (χ1v) is 8.02. The Hall–Kier alpha value is -0.830. The average molecular weight is 263 g/mol. The Kier molecular flexibility index (Phi) is 5.90. The molecule has 1 saturated carbocycles. The normalized spacial score (nSPS) is 18.6. The van der Waals surface area contributed by atoms with E-state index in [2.05, 4.69) is 35.0 Å². The second-order valence-corrected chi connectivity index (χ2v) is 5.98. The lowest BCUT2D eigenvalue weighted by Gasteiger charge is -2.24. The number of hydrogen-bond acceptors (Lipinski definition) is 2. The molecule has 1 heterocycles. The predicted octanol–water partition coefficient (Wildman–Crippen LogP) is 3.82. The molecular weight excluding hydrogens is 234 g/mol. The van der Waals surface area contributed by atoms with Crippen molar-refractivity contribution in [1.82, 2.24) is 14.9 Å². The van der Waals surface area contributed by atoms with Crippen LogP contribution in [0.2, 0.25) is 0 Å². The molecule has 1 fully saturated rings. The van der Waals surface area contributed by atoms with E-state index in [1.807, 2.05) is 6.20 Å². The number of rotatable bonds is 7. The van der Waals surface area contributed by atoms with E-state index in [1.54, 1.807) is 0 Å². The van der Waals surface area contributed by atoms with Gasteiger partial charge in [0.25, 0.3) is 0 Å². The quantitative estimate of drug-likeness (QED) is 0.810. The maximum Gasteiger partial charge on any atom is 0.125 e. The third kappa shape index (κ3) is 4.34. The van der Waals surface area contributed by atoms with Gasteiger partial charge in [-0.05, 0) is 31.7 Å². The highest BCUT2D eigenvalue weighted by Crippen LogP contribution is 2.30. The van der Waals surface area contributed by atoms with Gasteiger partial charge in [-0.3, -0.25) is 0 Å². The molecule has 0 bridgehead atoms. The highest BCUT2D eigenvalue weighted by Gasteiger charge is 2.19. The van der Waals surface area contributed by atoms with Crippen molar-refractivity contribution in [2.45, 2.75) is 64.3 Å². The summed E-state index contributed by atoms with van der Waals surface area (Å²) in [4.78, 5) is 4.53. The fraction of sp³-hybridized carbons (Fsp3) is 0.812. The maximum absolute atomic E-state index is 4.53. The summed E-state index contributed by atoms with van der Waals surface area (Å²) < 4.78 is 2.16. The summed E-state index contributed by atoms with van der Waals surface area (Å²) in [6, 6.07) is 0.432. The topological polar surface area (TPSA) is 29.9 Å². The third-order valence-electron chi connectivity index (χ3n) is 4.40. The Morgan fingerprint density at radius 2 is 2.16 bits per heavy atom. The van der Waals surface area contributed by atoms with Gasteiger partial charge < -0.3 is 9.88 Å². The van der Waals surface area contributed by atoms with Crippen LogP contribution in [0.25, 0.3) is 0 Å². The minimum atomic E-state index is 0.432. The van der Waals surface area contributed by atoms with E-state index in [1.165, 1.54) is 57.2 Å². The van der Waals surface area contributed by atoms with E-state index in [4.69, 9.17) is 0 Å². The van der Waals surface area contributed by atoms with Crippen LogP contribution in [0, 0.1) is 5.92 Å². The molecule has 108 valence electrons. The minimum absolute atomic E-state index is 0.432. The summed E-state index contributed by atoms with van der Waals surface area (Å²) in [6.45, 7) is 3.31. The molecule has 0 aromatic carbocycles. The number of aromatic nitrogens is 2. The molecule has 1 unspecified atom stereocenters. The average Bonchev–Trinajstić information content (AvgIpc) is 2.86. The van der Waals surface area contributed by atoms with E-state index in [9.17, 15) is 0 Å². The summed E-state index contributed by atoms with van der Waals surface area (Å²) in [5, 5.41) is 3.67. The predicted molar refractivity (Wildman–Crippen MR) is 80.1 cm³/mol. The van der Waals surface area contributed by atoms with Crippen molar-refractivity contribution in [3.8, 4) is 0 Å². The van der Waals surface area contributed by atoms with Crippen LogP contribution in [0.4, 0.5) is 0 Å². The molecule has 1 atom stereocenters. The Morgan fingerprint density at radius 3 is 2.79 bits per heavy atom. The molecule has 0 saturated heterocycles. The Bertz CT molecular complexity index is 353. The second kappa shape index (κ2) is 7.68. The van der Waals surface area contributed by atoms with Gasteiger partial charge in [0.15, 0.2) is 0 Å². The van der Waals surface area contributed by atoms with Crippen molar-refractivity contribution >= 4 is 0 Å². The van der Waals surface area contributed by atoms with Crippen molar-refractivity contribution in [1.29, 1.82) is 0 Å². The highest BCUT2D eigenvalue weighted by atomic mass is 15.1. The van der Waals surface area contributed by atoms with Crippen LogP contribution < -0.4 is 5.32 Å². The largest absolute Gasteiger partial charge is 0.337 e. The summed E-state index contributed by atoms with van der Waals surface area (Å²) >= 11 is 0. The first-order valence-electron chi connectivity index (χ1n) is 8.02. The van der Waals surface area contributed by atoms with E-state index in [0.717, 1.165) is 12.5 Å². The van der Waals surface area contributed by atoms with Gasteiger partial charge in [-0.15, -0.1) is 0 Å². The molecule has 3 nitrogen and oxygen atoms in total. The summed E-state index contributed by atoms with van der Waals surface area (Å²) in [5.41, 5.74) is 0. The number of imidazole rings is 1. The molecule has 2 rings (SSSR count). The monoisotopic (exact) mass is 263 g/mol. The van der Waals surface area contributed by atoms with E-state index >= 15 is 0 Å². The lowest BCUT2D eigenvalue weighted by atomic mass is 9.85. The lowest BCUT2D eigenvalue weighted by Crippen LogP contribution is -2.25. The van der Waals surface area contributed by atoms with Crippen LogP contribution in [0.5, 0.6) is 0 Å². The Balaban J connectivity index is 1.88. The Morgan fingerprint density at radius 1 is 1.37 bits per heavy atom. The van der Waals surface area contributed by atoms with Gasteiger partial charge in [-0.25, -0.2) is 4.98 Å². The van der Waals surface area contributed by atoms with Crippen LogP contribution in [0.3, 0.4) is 0 Å².